The largest absolute Gasteiger partial charge is 0.490 e. The van der Waals surface area contributed by atoms with Gasteiger partial charge in [0.2, 0.25) is 0 Å². The van der Waals surface area contributed by atoms with Crippen LogP contribution in [0.15, 0.2) is 18.2 Å². The Hall–Kier alpha value is -1.22. The molecule has 0 radical (unpaired) electrons. The molecule has 0 aromatic heterocycles. The standard InChI is InChI=1S/C17H29NO2/c1-6-19-17-9-15(11-18-10-13(2)3)7-8-16(17)20-12-14(4)5/h7-9,13-14,18H,6,10-12H2,1-5H3/p+1. The van der Waals surface area contributed by atoms with Crippen molar-refractivity contribution in [1.82, 2.24) is 0 Å². The maximum absolute atomic E-state index is 5.81. The van der Waals surface area contributed by atoms with Crippen LogP contribution in [0, 0.1) is 11.8 Å². The van der Waals surface area contributed by atoms with Gasteiger partial charge in [-0.1, -0.05) is 27.7 Å². The molecule has 0 aliphatic carbocycles. The summed E-state index contributed by atoms with van der Waals surface area (Å²) in [5.74, 6) is 2.95. The Bertz CT molecular complexity index is 389. The van der Waals surface area contributed by atoms with Gasteiger partial charge in [0.05, 0.1) is 19.8 Å². The molecule has 3 heteroatoms. The summed E-state index contributed by atoms with van der Waals surface area (Å²) in [5.41, 5.74) is 1.28. The lowest BCUT2D eigenvalue weighted by molar-refractivity contribution is -0.675. The number of quaternary nitrogens is 1. The van der Waals surface area contributed by atoms with Crippen LogP contribution >= 0.6 is 0 Å². The molecule has 1 rings (SSSR count). The molecule has 0 heterocycles. The zero-order valence-corrected chi connectivity index (χ0v) is 13.6. The van der Waals surface area contributed by atoms with Crippen LogP contribution in [-0.2, 0) is 6.54 Å². The molecule has 20 heavy (non-hydrogen) atoms. The molecule has 0 spiro atoms. The predicted molar refractivity (Wildman–Crippen MR) is 83.3 cm³/mol. The predicted octanol–water partition coefficient (Wildman–Crippen LogP) is 2.84. The third kappa shape index (κ3) is 6.29. The maximum Gasteiger partial charge on any atom is 0.161 e. The van der Waals surface area contributed by atoms with Crippen molar-refractivity contribution in [3.63, 3.8) is 0 Å². The molecule has 0 unspecified atom stereocenters. The van der Waals surface area contributed by atoms with E-state index in [0.29, 0.717) is 12.5 Å². The van der Waals surface area contributed by atoms with E-state index >= 15 is 0 Å². The van der Waals surface area contributed by atoms with Gasteiger partial charge in [-0.05, 0) is 31.0 Å². The quantitative estimate of drug-likeness (QED) is 0.755. The van der Waals surface area contributed by atoms with Gasteiger partial charge < -0.3 is 14.8 Å². The van der Waals surface area contributed by atoms with Gasteiger partial charge in [0.1, 0.15) is 6.54 Å². The van der Waals surface area contributed by atoms with Crippen LogP contribution in [0.2, 0.25) is 0 Å². The third-order valence-corrected chi connectivity index (χ3v) is 2.90. The zero-order valence-electron chi connectivity index (χ0n) is 13.6. The van der Waals surface area contributed by atoms with E-state index in [-0.39, 0.29) is 0 Å². The fraction of sp³-hybridized carbons (Fsp3) is 0.647. The Morgan fingerprint density at radius 1 is 1.00 bits per heavy atom. The van der Waals surface area contributed by atoms with Gasteiger partial charge in [0.25, 0.3) is 0 Å². The number of hydrogen-bond donors (Lipinski definition) is 1. The van der Waals surface area contributed by atoms with Crippen molar-refractivity contribution in [2.24, 2.45) is 11.8 Å². The first-order valence-corrected chi connectivity index (χ1v) is 7.73. The number of hydrogen-bond acceptors (Lipinski definition) is 2. The Morgan fingerprint density at radius 3 is 2.35 bits per heavy atom. The minimum absolute atomic E-state index is 0.517. The highest BCUT2D eigenvalue weighted by molar-refractivity contribution is 5.42. The minimum Gasteiger partial charge on any atom is -0.490 e. The van der Waals surface area contributed by atoms with E-state index in [1.807, 2.05) is 13.0 Å². The van der Waals surface area contributed by atoms with Gasteiger partial charge in [-0.15, -0.1) is 0 Å². The van der Waals surface area contributed by atoms with Crippen molar-refractivity contribution in [3.05, 3.63) is 23.8 Å². The molecule has 0 bridgehead atoms. The summed E-state index contributed by atoms with van der Waals surface area (Å²) in [7, 11) is 0. The molecule has 2 N–H and O–H groups in total. The van der Waals surface area contributed by atoms with E-state index in [0.717, 1.165) is 37.1 Å². The minimum atomic E-state index is 0.517. The van der Waals surface area contributed by atoms with E-state index in [9.17, 15) is 0 Å². The molecule has 0 atom stereocenters. The van der Waals surface area contributed by atoms with Crippen molar-refractivity contribution in [1.29, 1.82) is 0 Å². The maximum atomic E-state index is 5.81. The van der Waals surface area contributed by atoms with Gasteiger partial charge >= 0.3 is 0 Å². The highest BCUT2D eigenvalue weighted by Gasteiger charge is 2.08. The molecule has 114 valence electrons. The van der Waals surface area contributed by atoms with Crippen LogP contribution in [0.4, 0.5) is 0 Å². The van der Waals surface area contributed by atoms with Gasteiger partial charge in [-0.25, -0.2) is 0 Å². The summed E-state index contributed by atoms with van der Waals surface area (Å²) in [6.07, 6.45) is 0. The van der Waals surface area contributed by atoms with E-state index in [4.69, 9.17) is 9.47 Å². The Labute approximate surface area is 123 Å². The van der Waals surface area contributed by atoms with Gasteiger partial charge in [-0.2, -0.15) is 0 Å². The van der Waals surface area contributed by atoms with Crippen LogP contribution < -0.4 is 14.8 Å². The van der Waals surface area contributed by atoms with Gasteiger partial charge in [0.15, 0.2) is 11.5 Å². The lowest BCUT2D eigenvalue weighted by Crippen LogP contribution is -2.83. The van der Waals surface area contributed by atoms with E-state index in [2.05, 4.69) is 45.1 Å². The Kier molecular flexibility index (Phi) is 7.45. The second kappa shape index (κ2) is 8.85. The van der Waals surface area contributed by atoms with E-state index in [1.54, 1.807) is 0 Å². The van der Waals surface area contributed by atoms with Crippen molar-refractivity contribution >= 4 is 0 Å². The number of ether oxygens (including phenoxy) is 2. The fourth-order valence-electron chi connectivity index (χ4n) is 1.91. The molecule has 0 aliphatic heterocycles. The normalized spacial score (nSPS) is 11.2. The number of nitrogens with two attached hydrogens (primary N) is 1. The molecule has 0 amide bonds. The molecule has 1 aromatic rings. The van der Waals surface area contributed by atoms with Crippen LogP contribution in [0.25, 0.3) is 0 Å². The lowest BCUT2D eigenvalue weighted by atomic mass is 10.1. The van der Waals surface area contributed by atoms with E-state index in [1.165, 1.54) is 5.56 Å². The van der Waals surface area contributed by atoms with Crippen molar-refractivity contribution in [3.8, 4) is 11.5 Å². The Morgan fingerprint density at radius 2 is 1.75 bits per heavy atom. The van der Waals surface area contributed by atoms with Crippen LogP contribution in [0.5, 0.6) is 11.5 Å². The van der Waals surface area contributed by atoms with Crippen molar-refractivity contribution in [2.45, 2.75) is 41.2 Å². The smallest absolute Gasteiger partial charge is 0.161 e. The second-order valence-electron chi connectivity index (χ2n) is 6.04. The van der Waals surface area contributed by atoms with E-state index < -0.39 is 0 Å². The lowest BCUT2D eigenvalue weighted by Gasteiger charge is -2.14. The van der Waals surface area contributed by atoms with Crippen LogP contribution in [0.1, 0.15) is 40.2 Å². The molecule has 1 aromatic carbocycles. The summed E-state index contributed by atoms with van der Waals surface area (Å²) < 4.78 is 11.5. The van der Waals surface area contributed by atoms with Crippen LogP contribution in [0.3, 0.4) is 0 Å². The molecule has 0 fully saturated rings. The number of rotatable bonds is 9. The first-order valence-electron chi connectivity index (χ1n) is 7.73. The molecular weight excluding hydrogens is 250 g/mol. The van der Waals surface area contributed by atoms with Crippen molar-refractivity contribution < 1.29 is 14.8 Å². The average molecular weight is 280 g/mol. The summed E-state index contributed by atoms with van der Waals surface area (Å²) in [4.78, 5) is 0. The fourth-order valence-corrected chi connectivity index (χ4v) is 1.91. The van der Waals surface area contributed by atoms with Crippen molar-refractivity contribution in [2.75, 3.05) is 19.8 Å². The average Bonchev–Trinajstić information content (AvgIpc) is 2.37. The summed E-state index contributed by atoms with van der Waals surface area (Å²) >= 11 is 0. The molecule has 0 aliphatic rings. The molecule has 3 nitrogen and oxygen atoms in total. The second-order valence-corrected chi connectivity index (χ2v) is 6.04. The highest BCUT2D eigenvalue weighted by Crippen LogP contribution is 2.28. The monoisotopic (exact) mass is 280 g/mol. The number of benzene rings is 1. The molecular formula is C17H30NO2+. The topological polar surface area (TPSA) is 35.1 Å². The first-order chi connectivity index (χ1) is 9.52. The van der Waals surface area contributed by atoms with Crippen LogP contribution in [-0.4, -0.2) is 19.8 Å². The third-order valence-electron chi connectivity index (χ3n) is 2.90. The molecule has 0 saturated heterocycles. The molecule has 0 saturated carbocycles. The summed E-state index contributed by atoms with van der Waals surface area (Å²) in [6, 6.07) is 6.27. The Balaban J connectivity index is 2.67. The zero-order chi connectivity index (χ0) is 15.0. The first kappa shape index (κ1) is 16.8. The summed E-state index contributed by atoms with van der Waals surface area (Å²) in [6.45, 7) is 14.3. The highest BCUT2D eigenvalue weighted by atomic mass is 16.5. The SMILES string of the molecule is CCOc1cc(C[NH2+]CC(C)C)ccc1OCC(C)C. The van der Waals surface area contributed by atoms with Gasteiger partial charge in [-0.3, -0.25) is 0 Å². The van der Waals surface area contributed by atoms with Gasteiger partial charge in [0, 0.05) is 11.5 Å². The summed E-state index contributed by atoms with van der Waals surface area (Å²) in [5, 5.41) is 2.34.